The Bertz CT molecular complexity index is 322. The first-order valence-electron chi connectivity index (χ1n) is 5.14. The lowest BCUT2D eigenvalue weighted by molar-refractivity contribution is 1.07. The van der Waals surface area contributed by atoms with Gasteiger partial charge in [0.15, 0.2) is 0 Å². The first kappa shape index (κ1) is 10.8. The van der Waals surface area contributed by atoms with E-state index >= 15 is 0 Å². The first-order valence-corrected chi connectivity index (χ1v) is 5.14. The molecule has 74 valence electrons. The third-order valence-corrected chi connectivity index (χ3v) is 2.38. The lowest BCUT2D eigenvalue weighted by atomic mass is 10.00. The van der Waals surface area contributed by atoms with E-state index in [1.165, 1.54) is 16.7 Å². The van der Waals surface area contributed by atoms with Crippen LogP contribution in [0.3, 0.4) is 0 Å². The predicted molar refractivity (Wildman–Crippen MR) is 64.2 cm³/mol. The molecule has 1 aliphatic rings. The largest absolute Gasteiger partial charge is 0.0991 e. The van der Waals surface area contributed by atoms with Crippen molar-refractivity contribution in [3.05, 3.63) is 59.8 Å². The van der Waals surface area contributed by atoms with E-state index in [0.717, 1.165) is 12.8 Å². The molecule has 0 aromatic carbocycles. The first-order chi connectivity index (χ1) is 6.77. The summed E-state index contributed by atoms with van der Waals surface area (Å²) in [5.41, 5.74) is 4.10. The van der Waals surface area contributed by atoms with Gasteiger partial charge in [-0.3, -0.25) is 0 Å². The van der Waals surface area contributed by atoms with Crippen molar-refractivity contribution < 1.29 is 0 Å². The highest BCUT2D eigenvalue weighted by molar-refractivity contribution is 5.41. The molecule has 0 bridgehead atoms. The fourth-order valence-electron chi connectivity index (χ4n) is 1.56. The molecule has 0 N–H and O–H groups in total. The van der Waals surface area contributed by atoms with Gasteiger partial charge < -0.3 is 0 Å². The molecular formula is C14H18. The van der Waals surface area contributed by atoms with Gasteiger partial charge in [0.2, 0.25) is 0 Å². The molecule has 0 heterocycles. The molecule has 0 spiro atoms. The highest BCUT2D eigenvalue weighted by Crippen LogP contribution is 2.21. The summed E-state index contributed by atoms with van der Waals surface area (Å²) in [5, 5.41) is 0. The highest BCUT2D eigenvalue weighted by atomic mass is 14.1. The van der Waals surface area contributed by atoms with Crippen LogP contribution < -0.4 is 0 Å². The fourth-order valence-corrected chi connectivity index (χ4v) is 1.56. The van der Waals surface area contributed by atoms with E-state index in [9.17, 15) is 0 Å². The molecule has 0 radical (unpaired) electrons. The number of rotatable bonds is 3. The average Bonchev–Trinajstić information content (AvgIpc) is 2.40. The van der Waals surface area contributed by atoms with Gasteiger partial charge >= 0.3 is 0 Å². The standard InChI is InChI=1S/C14H18/c1-4-7-13(5-2)14-9-6-8-12(3)10-11-14/h4,6-8,10-11H,1,5,9H2,2-3H3/b13-7+. The molecule has 0 fully saturated rings. The molecular weight excluding hydrogens is 168 g/mol. The van der Waals surface area contributed by atoms with E-state index in [2.05, 4.69) is 50.8 Å². The van der Waals surface area contributed by atoms with Gasteiger partial charge in [0.25, 0.3) is 0 Å². The molecule has 0 atom stereocenters. The van der Waals surface area contributed by atoms with Crippen LogP contribution >= 0.6 is 0 Å². The Morgan fingerprint density at radius 2 is 2.29 bits per heavy atom. The predicted octanol–water partition coefficient (Wildman–Crippen LogP) is 4.34. The second kappa shape index (κ2) is 5.43. The molecule has 0 nitrogen and oxygen atoms in total. The molecule has 0 aromatic heterocycles. The van der Waals surface area contributed by atoms with Crippen LogP contribution in [-0.2, 0) is 0 Å². The lowest BCUT2D eigenvalue weighted by Crippen LogP contribution is -1.86. The van der Waals surface area contributed by atoms with Crippen molar-refractivity contribution in [1.82, 2.24) is 0 Å². The summed E-state index contributed by atoms with van der Waals surface area (Å²) in [6.45, 7) is 8.05. The third-order valence-electron chi connectivity index (χ3n) is 2.38. The van der Waals surface area contributed by atoms with Crippen molar-refractivity contribution in [3.8, 4) is 0 Å². The molecule has 1 aliphatic carbocycles. The molecule has 14 heavy (non-hydrogen) atoms. The van der Waals surface area contributed by atoms with Gasteiger partial charge in [-0.25, -0.2) is 0 Å². The highest BCUT2D eigenvalue weighted by Gasteiger charge is 2.01. The van der Waals surface area contributed by atoms with Crippen LogP contribution in [0.1, 0.15) is 26.7 Å². The summed E-state index contributed by atoms with van der Waals surface area (Å²) in [5.74, 6) is 0. The number of hydrogen-bond acceptors (Lipinski definition) is 0. The smallest absolute Gasteiger partial charge is 0.00915 e. The fraction of sp³-hybridized carbons (Fsp3) is 0.286. The normalized spacial score (nSPS) is 17.1. The van der Waals surface area contributed by atoms with Crippen LogP contribution in [0.5, 0.6) is 0 Å². The summed E-state index contributed by atoms with van der Waals surface area (Å²) in [6, 6.07) is 0. The quantitative estimate of drug-likeness (QED) is 0.575. The summed E-state index contributed by atoms with van der Waals surface area (Å²) < 4.78 is 0. The van der Waals surface area contributed by atoms with E-state index < -0.39 is 0 Å². The molecule has 0 saturated carbocycles. The summed E-state index contributed by atoms with van der Waals surface area (Å²) in [6.07, 6.45) is 14.8. The second-order valence-corrected chi connectivity index (χ2v) is 3.49. The van der Waals surface area contributed by atoms with Gasteiger partial charge in [0, 0.05) is 0 Å². The van der Waals surface area contributed by atoms with Crippen LogP contribution in [0.15, 0.2) is 59.8 Å². The van der Waals surface area contributed by atoms with Crippen molar-refractivity contribution >= 4 is 0 Å². The van der Waals surface area contributed by atoms with Gasteiger partial charge in [-0.1, -0.05) is 55.5 Å². The van der Waals surface area contributed by atoms with Crippen LogP contribution in [-0.4, -0.2) is 0 Å². The van der Waals surface area contributed by atoms with Gasteiger partial charge in [-0.05, 0) is 30.9 Å². The molecule has 0 unspecified atom stereocenters. The van der Waals surface area contributed by atoms with Crippen molar-refractivity contribution in [3.63, 3.8) is 0 Å². The van der Waals surface area contributed by atoms with Crippen molar-refractivity contribution in [2.24, 2.45) is 0 Å². The monoisotopic (exact) mass is 186 g/mol. The van der Waals surface area contributed by atoms with E-state index in [-0.39, 0.29) is 0 Å². The maximum atomic E-state index is 3.74. The third kappa shape index (κ3) is 2.88. The second-order valence-electron chi connectivity index (χ2n) is 3.49. The van der Waals surface area contributed by atoms with E-state index in [0.29, 0.717) is 0 Å². The SMILES string of the molecule is C=C/C=C(\CC)C1=CC=C(C)C=CC1. The van der Waals surface area contributed by atoms with Crippen molar-refractivity contribution in [2.75, 3.05) is 0 Å². The number of hydrogen-bond donors (Lipinski definition) is 0. The molecule has 1 rings (SSSR count). The Hall–Kier alpha value is -1.30. The zero-order valence-corrected chi connectivity index (χ0v) is 9.09. The Kier molecular flexibility index (Phi) is 4.18. The van der Waals surface area contributed by atoms with Crippen LogP contribution in [0.4, 0.5) is 0 Å². The minimum Gasteiger partial charge on any atom is -0.0991 e. The summed E-state index contributed by atoms with van der Waals surface area (Å²) >= 11 is 0. The molecule has 0 amide bonds. The maximum absolute atomic E-state index is 3.74. The molecule has 0 aliphatic heterocycles. The van der Waals surface area contributed by atoms with Gasteiger partial charge in [-0.2, -0.15) is 0 Å². The Labute approximate surface area is 87.0 Å². The van der Waals surface area contributed by atoms with E-state index in [4.69, 9.17) is 0 Å². The van der Waals surface area contributed by atoms with Gasteiger partial charge in [-0.15, -0.1) is 0 Å². The van der Waals surface area contributed by atoms with Crippen LogP contribution in [0.2, 0.25) is 0 Å². The molecule has 0 heteroatoms. The van der Waals surface area contributed by atoms with Crippen molar-refractivity contribution in [1.29, 1.82) is 0 Å². The molecule has 0 aromatic rings. The van der Waals surface area contributed by atoms with Crippen LogP contribution in [0, 0.1) is 0 Å². The summed E-state index contributed by atoms with van der Waals surface area (Å²) in [7, 11) is 0. The molecule has 0 saturated heterocycles. The summed E-state index contributed by atoms with van der Waals surface area (Å²) in [4.78, 5) is 0. The Morgan fingerprint density at radius 1 is 1.50 bits per heavy atom. The van der Waals surface area contributed by atoms with Crippen molar-refractivity contribution in [2.45, 2.75) is 26.7 Å². The minimum atomic E-state index is 1.03. The Morgan fingerprint density at radius 3 is 2.93 bits per heavy atom. The number of allylic oxidation sites excluding steroid dienone is 9. The van der Waals surface area contributed by atoms with Gasteiger partial charge in [0.05, 0.1) is 0 Å². The zero-order valence-electron chi connectivity index (χ0n) is 9.09. The maximum Gasteiger partial charge on any atom is -0.00915 e. The Balaban J connectivity index is 2.92. The lowest BCUT2D eigenvalue weighted by Gasteiger charge is -2.05. The zero-order chi connectivity index (χ0) is 10.4. The van der Waals surface area contributed by atoms with Gasteiger partial charge in [0.1, 0.15) is 0 Å². The average molecular weight is 186 g/mol. The van der Waals surface area contributed by atoms with E-state index in [1.54, 1.807) is 0 Å². The van der Waals surface area contributed by atoms with E-state index in [1.807, 2.05) is 6.08 Å². The topological polar surface area (TPSA) is 0 Å². The minimum absolute atomic E-state index is 1.03. The van der Waals surface area contributed by atoms with Crippen LogP contribution in [0.25, 0.3) is 0 Å².